The number of nitrogens with one attached hydrogen (secondary N) is 2. The highest BCUT2D eigenvalue weighted by Gasteiger charge is 2.22. The van der Waals surface area contributed by atoms with Crippen LogP contribution in [0.25, 0.3) is 0 Å². The van der Waals surface area contributed by atoms with Gasteiger partial charge in [-0.05, 0) is 26.0 Å². The number of nitrogens with zero attached hydrogens (tertiary/aromatic N) is 1. The Labute approximate surface area is 213 Å². The number of rotatable bonds is 9. The molecule has 0 aromatic heterocycles. The Balaban J connectivity index is 0.00000385. The molecule has 0 saturated heterocycles. The highest BCUT2D eigenvalue weighted by molar-refractivity contribution is 14.0. The van der Waals surface area contributed by atoms with Gasteiger partial charge >= 0.3 is 0 Å². The van der Waals surface area contributed by atoms with Crippen LogP contribution in [0.4, 0.5) is 0 Å². The Morgan fingerprint density at radius 1 is 1.00 bits per heavy atom. The van der Waals surface area contributed by atoms with Crippen molar-refractivity contribution in [1.82, 2.24) is 10.6 Å². The molecular formula is C24H34IN3O5. The molecule has 3 rings (SSSR count). The molecular weight excluding hydrogens is 537 g/mol. The maximum atomic E-state index is 5.92. The van der Waals surface area contributed by atoms with Crippen LogP contribution in [-0.4, -0.2) is 47.0 Å². The minimum Gasteiger partial charge on any atom is -0.496 e. The summed E-state index contributed by atoms with van der Waals surface area (Å²) < 4.78 is 28.2. The normalized spacial score (nSPS) is 14.5. The summed E-state index contributed by atoms with van der Waals surface area (Å²) in [7, 11) is 6.58. The molecule has 1 atom stereocenters. The van der Waals surface area contributed by atoms with Crippen LogP contribution in [0.1, 0.15) is 30.5 Å². The Hall–Kier alpha value is -2.56. The van der Waals surface area contributed by atoms with Crippen LogP contribution >= 0.6 is 24.0 Å². The van der Waals surface area contributed by atoms with Crippen molar-refractivity contribution in [2.24, 2.45) is 4.99 Å². The number of aliphatic imine (C=N–C) groups is 1. The van der Waals surface area contributed by atoms with Crippen LogP contribution in [-0.2, 0) is 19.5 Å². The molecule has 8 nitrogen and oxygen atoms in total. The van der Waals surface area contributed by atoms with Gasteiger partial charge in [-0.3, -0.25) is 4.99 Å². The van der Waals surface area contributed by atoms with Gasteiger partial charge in [0.1, 0.15) is 34.9 Å². The number of halogens is 1. The first-order valence-electron chi connectivity index (χ1n) is 10.7. The number of ether oxygens (including phenoxy) is 5. The lowest BCUT2D eigenvalue weighted by atomic mass is 10.1. The zero-order chi connectivity index (χ0) is 23.1. The van der Waals surface area contributed by atoms with Crippen LogP contribution in [0.15, 0.2) is 29.3 Å². The number of benzene rings is 2. The third kappa shape index (κ3) is 6.49. The summed E-state index contributed by atoms with van der Waals surface area (Å²) in [6.07, 6.45) is 1.09. The van der Waals surface area contributed by atoms with Crippen LogP contribution in [0, 0.1) is 0 Å². The molecule has 182 valence electrons. The summed E-state index contributed by atoms with van der Waals surface area (Å²) >= 11 is 0. The fourth-order valence-electron chi connectivity index (χ4n) is 3.73. The minimum atomic E-state index is 0. The van der Waals surface area contributed by atoms with Crippen LogP contribution < -0.4 is 34.3 Å². The molecule has 0 spiro atoms. The van der Waals surface area contributed by atoms with Gasteiger partial charge in [-0.2, -0.15) is 0 Å². The van der Waals surface area contributed by atoms with Crippen LogP contribution in [0.5, 0.6) is 28.7 Å². The van der Waals surface area contributed by atoms with Crippen LogP contribution in [0.2, 0.25) is 0 Å². The van der Waals surface area contributed by atoms with Gasteiger partial charge in [-0.25, -0.2) is 0 Å². The van der Waals surface area contributed by atoms with Gasteiger partial charge < -0.3 is 34.3 Å². The molecule has 1 aliphatic rings. The number of fused-ring (bicyclic) bond motifs is 1. The van der Waals surface area contributed by atoms with Gasteiger partial charge in [0.25, 0.3) is 0 Å². The molecule has 0 bridgehead atoms. The van der Waals surface area contributed by atoms with Gasteiger partial charge in [0.2, 0.25) is 0 Å². The fraction of sp³-hybridized carbons (Fsp3) is 0.458. The van der Waals surface area contributed by atoms with Gasteiger partial charge in [0, 0.05) is 43.3 Å². The van der Waals surface area contributed by atoms with Gasteiger partial charge in [-0.15, -0.1) is 24.0 Å². The van der Waals surface area contributed by atoms with Crippen molar-refractivity contribution in [3.63, 3.8) is 0 Å². The lowest BCUT2D eigenvalue weighted by Gasteiger charge is -2.18. The van der Waals surface area contributed by atoms with E-state index in [2.05, 4.69) is 34.7 Å². The summed E-state index contributed by atoms with van der Waals surface area (Å²) in [5, 5.41) is 6.67. The van der Waals surface area contributed by atoms with Gasteiger partial charge in [-0.1, -0.05) is 0 Å². The van der Waals surface area contributed by atoms with Gasteiger partial charge in [0.05, 0.1) is 40.0 Å². The zero-order valence-corrected chi connectivity index (χ0v) is 22.4. The molecule has 1 aliphatic heterocycles. The van der Waals surface area contributed by atoms with Crippen molar-refractivity contribution in [2.75, 3.05) is 35.0 Å². The van der Waals surface area contributed by atoms with Crippen molar-refractivity contribution >= 4 is 29.9 Å². The monoisotopic (exact) mass is 571 g/mol. The standard InChI is InChI=1S/C24H33N3O5.HI/c1-7-31-20-9-16-8-15(2)32-21(16)10-17(20)13-26-24(25-3)27-14-19-22(29-5)11-18(28-4)12-23(19)30-6;/h9-12,15H,7-8,13-14H2,1-6H3,(H2,25,26,27);1H. The van der Waals surface area contributed by atoms with E-state index in [0.29, 0.717) is 42.9 Å². The largest absolute Gasteiger partial charge is 0.496 e. The minimum absolute atomic E-state index is 0. The third-order valence-corrected chi connectivity index (χ3v) is 5.30. The number of methoxy groups -OCH3 is 3. The second-order valence-corrected chi connectivity index (χ2v) is 7.42. The van der Waals surface area contributed by atoms with E-state index in [-0.39, 0.29) is 30.1 Å². The predicted octanol–water partition coefficient (Wildman–Crippen LogP) is 3.92. The van der Waals surface area contributed by atoms with Crippen molar-refractivity contribution in [3.05, 3.63) is 41.0 Å². The molecule has 0 saturated carbocycles. The molecule has 9 heteroatoms. The maximum absolute atomic E-state index is 5.92. The molecule has 2 N–H and O–H groups in total. The van der Waals surface area contributed by atoms with Crippen molar-refractivity contribution in [2.45, 2.75) is 39.5 Å². The SMILES string of the molecule is CCOc1cc2c(cc1CNC(=NC)NCc1c(OC)cc(OC)cc1OC)OC(C)C2.I. The van der Waals surface area contributed by atoms with Crippen molar-refractivity contribution < 1.29 is 23.7 Å². The van der Waals surface area contributed by atoms with E-state index in [1.807, 2.05) is 19.1 Å². The Bertz CT molecular complexity index is 942. The Morgan fingerprint density at radius 2 is 1.67 bits per heavy atom. The Kier molecular flexibility index (Phi) is 10.2. The van der Waals surface area contributed by atoms with E-state index in [1.54, 1.807) is 28.4 Å². The Morgan fingerprint density at radius 3 is 2.24 bits per heavy atom. The molecule has 0 radical (unpaired) electrons. The summed E-state index contributed by atoms with van der Waals surface area (Å²) in [4.78, 5) is 4.34. The summed E-state index contributed by atoms with van der Waals surface area (Å²) in [5.74, 6) is 4.45. The molecule has 0 fully saturated rings. The lowest BCUT2D eigenvalue weighted by Crippen LogP contribution is -2.36. The quantitative estimate of drug-likeness (QED) is 0.268. The molecule has 33 heavy (non-hydrogen) atoms. The highest BCUT2D eigenvalue weighted by Crippen LogP contribution is 2.35. The second kappa shape index (κ2) is 12.6. The summed E-state index contributed by atoms with van der Waals surface area (Å²) in [6, 6.07) is 7.80. The zero-order valence-electron chi connectivity index (χ0n) is 20.1. The first-order chi connectivity index (χ1) is 15.5. The van der Waals surface area contributed by atoms with Crippen molar-refractivity contribution in [3.8, 4) is 28.7 Å². The van der Waals surface area contributed by atoms with Gasteiger partial charge in [0.15, 0.2) is 5.96 Å². The molecule has 2 aromatic carbocycles. The van der Waals surface area contributed by atoms with E-state index in [9.17, 15) is 0 Å². The first-order valence-corrected chi connectivity index (χ1v) is 10.7. The van der Waals surface area contributed by atoms with E-state index < -0.39 is 0 Å². The second-order valence-electron chi connectivity index (χ2n) is 7.42. The summed E-state index contributed by atoms with van der Waals surface area (Å²) in [5.41, 5.74) is 3.07. The highest BCUT2D eigenvalue weighted by atomic mass is 127. The topological polar surface area (TPSA) is 82.6 Å². The van der Waals surface area contributed by atoms with Crippen molar-refractivity contribution in [1.29, 1.82) is 0 Å². The molecule has 2 aromatic rings. The van der Waals surface area contributed by atoms with E-state index >= 15 is 0 Å². The number of hydrogen-bond donors (Lipinski definition) is 2. The van der Waals surface area contributed by atoms with Crippen LogP contribution in [0.3, 0.4) is 0 Å². The molecule has 1 unspecified atom stereocenters. The predicted molar refractivity (Wildman–Crippen MR) is 140 cm³/mol. The van der Waals surface area contributed by atoms with E-state index in [1.165, 1.54) is 5.56 Å². The third-order valence-electron chi connectivity index (χ3n) is 5.30. The number of guanidine groups is 1. The maximum Gasteiger partial charge on any atom is 0.191 e. The fourth-order valence-corrected chi connectivity index (χ4v) is 3.73. The molecule has 0 aliphatic carbocycles. The average molecular weight is 571 g/mol. The van der Waals surface area contributed by atoms with E-state index in [4.69, 9.17) is 23.7 Å². The average Bonchev–Trinajstić information content (AvgIpc) is 3.17. The van der Waals surface area contributed by atoms with E-state index in [0.717, 1.165) is 29.0 Å². The molecule has 0 amide bonds. The first kappa shape index (κ1) is 26.7. The smallest absolute Gasteiger partial charge is 0.191 e. The summed E-state index contributed by atoms with van der Waals surface area (Å²) in [6.45, 7) is 5.66. The number of hydrogen-bond acceptors (Lipinski definition) is 6. The molecule has 1 heterocycles. The lowest BCUT2D eigenvalue weighted by molar-refractivity contribution is 0.254.